The fourth-order valence-electron chi connectivity index (χ4n) is 2.95. The summed E-state index contributed by atoms with van der Waals surface area (Å²) < 4.78 is 5.61. The van der Waals surface area contributed by atoms with Crippen molar-refractivity contribution < 1.29 is 24.4 Å². The van der Waals surface area contributed by atoms with Gasteiger partial charge in [-0.25, -0.2) is 0 Å². The van der Waals surface area contributed by atoms with Crippen LogP contribution in [0.3, 0.4) is 0 Å². The van der Waals surface area contributed by atoms with Crippen molar-refractivity contribution in [3.8, 4) is 11.8 Å². The van der Waals surface area contributed by atoms with Crippen molar-refractivity contribution in [2.75, 3.05) is 20.7 Å². The lowest BCUT2D eigenvalue weighted by Gasteiger charge is -2.18. The summed E-state index contributed by atoms with van der Waals surface area (Å²) >= 11 is 12.6. The molecule has 0 spiro atoms. The number of hydrogen-bond acceptors (Lipinski definition) is 6. The number of ether oxygens (including phenoxy) is 1. The van der Waals surface area contributed by atoms with Crippen LogP contribution in [0.5, 0.6) is 5.75 Å². The molecule has 1 unspecified atom stereocenters. The second-order valence-electron chi connectivity index (χ2n) is 7.52. The first-order valence-electron chi connectivity index (χ1n) is 10.3. The van der Waals surface area contributed by atoms with Crippen molar-refractivity contribution in [2.45, 2.75) is 18.8 Å². The first-order valence-corrected chi connectivity index (χ1v) is 11.0. The van der Waals surface area contributed by atoms with Crippen LogP contribution in [0.25, 0.3) is 6.08 Å². The molecule has 0 aliphatic heterocycles. The fourth-order valence-corrected chi connectivity index (χ4v) is 3.49. The van der Waals surface area contributed by atoms with E-state index in [9.17, 15) is 24.9 Å². The van der Waals surface area contributed by atoms with Gasteiger partial charge >= 0.3 is 7.12 Å². The van der Waals surface area contributed by atoms with Gasteiger partial charge in [-0.15, -0.1) is 0 Å². The number of amides is 2. The third-order valence-electron chi connectivity index (χ3n) is 4.72. The highest BCUT2D eigenvalue weighted by Crippen LogP contribution is 2.36. The molecule has 1 atom stereocenters. The number of halogens is 2. The topological polar surface area (TPSA) is 123 Å². The molecule has 178 valence electrons. The number of benzene rings is 2. The van der Waals surface area contributed by atoms with E-state index in [4.69, 9.17) is 27.9 Å². The Morgan fingerprint density at radius 2 is 1.88 bits per heavy atom. The van der Waals surface area contributed by atoms with Crippen LogP contribution in [0.4, 0.5) is 0 Å². The van der Waals surface area contributed by atoms with Crippen molar-refractivity contribution >= 4 is 48.2 Å². The van der Waals surface area contributed by atoms with Crippen LogP contribution in [0.2, 0.25) is 10.0 Å². The summed E-state index contributed by atoms with van der Waals surface area (Å²) in [4.78, 5) is 25.7. The third kappa shape index (κ3) is 7.78. The van der Waals surface area contributed by atoms with E-state index in [1.165, 1.54) is 31.1 Å². The lowest BCUT2D eigenvalue weighted by Crippen LogP contribution is -2.48. The minimum absolute atomic E-state index is 0.0833. The first kappa shape index (κ1) is 27.2. The molecule has 34 heavy (non-hydrogen) atoms. The molecule has 0 aromatic heterocycles. The van der Waals surface area contributed by atoms with Crippen LogP contribution in [-0.2, 0) is 16.0 Å². The Morgan fingerprint density at radius 1 is 1.21 bits per heavy atom. The summed E-state index contributed by atoms with van der Waals surface area (Å²) in [5.41, 5.74) is 1.07. The van der Waals surface area contributed by atoms with Crippen LogP contribution in [0.15, 0.2) is 48.0 Å². The molecule has 8 nitrogen and oxygen atoms in total. The van der Waals surface area contributed by atoms with Crippen LogP contribution in [0, 0.1) is 11.3 Å². The van der Waals surface area contributed by atoms with Crippen LogP contribution in [-0.4, -0.2) is 60.5 Å². The number of likely N-dealkylation sites (N-methyl/N-ethyl adjacent to an activating group) is 1. The maximum atomic E-state index is 12.3. The predicted molar refractivity (Wildman–Crippen MR) is 131 cm³/mol. The van der Waals surface area contributed by atoms with Gasteiger partial charge in [0.1, 0.15) is 11.6 Å². The van der Waals surface area contributed by atoms with Gasteiger partial charge in [0.25, 0.3) is 5.91 Å². The molecule has 11 heteroatoms. The molecule has 2 amide bonds. The summed E-state index contributed by atoms with van der Waals surface area (Å²) in [6, 6.07) is 14.0. The second-order valence-corrected chi connectivity index (χ2v) is 8.31. The monoisotopic (exact) mass is 503 g/mol. The van der Waals surface area contributed by atoms with Crippen molar-refractivity contribution in [2.24, 2.45) is 0 Å². The highest BCUT2D eigenvalue weighted by Gasteiger charge is 2.25. The van der Waals surface area contributed by atoms with Crippen molar-refractivity contribution in [3.05, 3.63) is 69.2 Å². The Morgan fingerprint density at radius 3 is 2.47 bits per heavy atom. The number of hydrogen-bond donors (Lipinski definition) is 3. The van der Waals surface area contributed by atoms with Gasteiger partial charge in [-0.3, -0.25) is 9.59 Å². The lowest BCUT2D eigenvalue weighted by molar-refractivity contribution is -0.124. The van der Waals surface area contributed by atoms with E-state index in [2.05, 4.69) is 5.32 Å². The van der Waals surface area contributed by atoms with E-state index < -0.39 is 24.9 Å². The molecular weight excluding hydrogens is 480 g/mol. The van der Waals surface area contributed by atoms with E-state index in [0.29, 0.717) is 5.56 Å². The first-order chi connectivity index (χ1) is 16.1. The van der Waals surface area contributed by atoms with Gasteiger partial charge in [0.2, 0.25) is 5.91 Å². The smallest absolute Gasteiger partial charge is 0.475 e. The van der Waals surface area contributed by atoms with E-state index in [1.54, 1.807) is 6.07 Å². The molecule has 2 rings (SSSR count). The molecular formula is C23H24BCl2N3O5. The Balaban J connectivity index is 2.05. The Kier molecular flexibility index (Phi) is 10.4. The SMILES string of the molecule is CN(C)C(=O)C(C#N)=Cc1ccc(Cl)c(OCCC(=O)NC(Cc2ccccc2)B(O)O)c1Cl. The molecule has 0 aliphatic carbocycles. The van der Waals surface area contributed by atoms with Crippen molar-refractivity contribution in [1.29, 1.82) is 5.26 Å². The second kappa shape index (κ2) is 13.0. The summed E-state index contributed by atoms with van der Waals surface area (Å²) in [6.45, 7) is -0.0975. The maximum absolute atomic E-state index is 12.3. The zero-order valence-electron chi connectivity index (χ0n) is 18.7. The van der Waals surface area contributed by atoms with Gasteiger partial charge in [-0.05, 0) is 29.7 Å². The zero-order valence-corrected chi connectivity index (χ0v) is 20.2. The molecule has 0 saturated carbocycles. The molecule has 0 radical (unpaired) electrons. The zero-order chi connectivity index (χ0) is 25.3. The lowest BCUT2D eigenvalue weighted by atomic mass is 9.76. The number of carbonyl (C=O) groups is 2. The molecule has 0 fully saturated rings. The Bertz CT molecular complexity index is 1090. The van der Waals surface area contributed by atoms with Crippen LogP contribution >= 0.6 is 23.2 Å². The normalized spacial score (nSPS) is 11.9. The van der Waals surface area contributed by atoms with Gasteiger partial charge in [-0.1, -0.05) is 59.6 Å². The van der Waals surface area contributed by atoms with Gasteiger partial charge in [-0.2, -0.15) is 5.26 Å². The molecule has 0 aliphatic rings. The van der Waals surface area contributed by atoms with Gasteiger partial charge < -0.3 is 25.0 Å². The quantitative estimate of drug-likeness (QED) is 0.260. The highest BCUT2D eigenvalue weighted by molar-refractivity contribution is 6.43. The molecule has 0 saturated heterocycles. The molecule has 0 bridgehead atoms. The number of carbonyl (C=O) groups excluding carboxylic acids is 2. The highest BCUT2D eigenvalue weighted by atomic mass is 35.5. The third-order valence-corrected chi connectivity index (χ3v) is 5.40. The van der Waals surface area contributed by atoms with E-state index in [-0.39, 0.29) is 40.8 Å². The van der Waals surface area contributed by atoms with Crippen LogP contribution < -0.4 is 10.1 Å². The average Bonchev–Trinajstić information content (AvgIpc) is 2.80. The predicted octanol–water partition coefficient (Wildman–Crippen LogP) is 2.50. The number of nitriles is 1. The summed E-state index contributed by atoms with van der Waals surface area (Å²) in [6.07, 6.45) is 1.47. The largest absolute Gasteiger partial charge is 0.490 e. The minimum Gasteiger partial charge on any atom is -0.490 e. The summed E-state index contributed by atoms with van der Waals surface area (Å²) in [7, 11) is 1.31. The van der Waals surface area contributed by atoms with Gasteiger partial charge in [0.15, 0.2) is 5.75 Å². The van der Waals surface area contributed by atoms with Crippen molar-refractivity contribution in [3.63, 3.8) is 0 Å². The molecule has 2 aromatic rings. The number of nitrogens with one attached hydrogen (secondary N) is 1. The standard InChI is InChI=1S/C23H24BCl2N3O5/c1-29(2)23(31)17(14-27)13-16-8-9-18(25)22(21(16)26)34-11-10-20(30)28-19(24(32)33)12-15-6-4-3-5-7-15/h3-9,13,19,32-33H,10-12H2,1-2H3,(H,28,30). The van der Waals surface area contributed by atoms with Crippen LogP contribution in [0.1, 0.15) is 17.5 Å². The number of nitrogens with zero attached hydrogens (tertiary/aromatic N) is 2. The minimum atomic E-state index is -1.74. The Hall–Kier alpha value is -3.03. The van der Waals surface area contributed by atoms with E-state index in [1.807, 2.05) is 36.4 Å². The van der Waals surface area contributed by atoms with Crippen molar-refractivity contribution in [1.82, 2.24) is 10.2 Å². The fraction of sp³-hybridized carbons (Fsp3) is 0.261. The maximum Gasteiger partial charge on any atom is 0.475 e. The molecule has 3 N–H and O–H groups in total. The van der Waals surface area contributed by atoms with Gasteiger partial charge in [0, 0.05) is 14.1 Å². The van der Waals surface area contributed by atoms with E-state index >= 15 is 0 Å². The van der Waals surface area contributed by atoms with E-state index in [0.717, 1.165) is 5.56 Å². The molecule has 0 heterocycles. The number of rotatable bonds is 10. The molecule has 2 aromatic carbocycles. The Labute approximate surface area is 208 Å². The summed E-state index contributed by atoms with van der Waals surface area (Å²) in [5.74, 6) is -1.74. The average molecular weight is 504 g/mol. The van der Waals surface area contributed by atoms with Gasteiger partial charge in [0.05, 0.1) is 29.0 Å². The summed E-state index contributed by atoms with van der Waals surface area (Å²) in [5, 5.41) is 31.4.